The molecule has 0 saturated heterocycles. The highest BCUT2D eigenvalue weighted by Gasteiger charge is 2.67. The summed E-state index contributed by atoms with van der Waals surface area (Å²) in [7, 11) is 0. The maximum atomic E-state index is 1.64. The fourth-order valence-corrected chi connectivity index (χ4v) is 4.87. The van der Waals surface area contributed by atoms with Gasteiger partial charge in [0.05, 0.1) is 0 Å². The van der Waals surface area contributed by atoms with Gasteiger partial charge in [-0.25, -0.2) is 0 Å². The van der Waals surface area contributed by atoms with Gasteiger partial charge in [0.2, 0.25) is 0 Å². The Kier molecular flexibility index (Phi) is 0.781. The highest BCUT2D eigenvalue weighted by atomic mass is 14.7. The number of fused-ring (bicyclic) bond motifs is 1. The zero-order chi connectivity index (χ0) is 7.00. The second-order valence-electron chi connectivity index (χ2n) is 5.40. The van der Waals surface area contributed by atoms with E-state index in [0.717, 1.165) is 0 Å². The first-order valence-electron chi connectivity index (χ1n) is 5.45. The lowest BCUT2D eigenvalue weighted by atomic mass is 9.34. The Labute approximate surface area is 68.4 Å². The molecule has 0 bridgehead atoms. The Morgan fingerprint density at radius 3 is 1.82 bits per heavy atom. The standard InChI is InChI=1S/C11H16/c1-2-6-4-8-9-5-7(3-1)11(9)10(6)8/h6-11H,1-5H2. The third kappa shape index (κ3) is 0.443. The van der Waals surface area contributed by atoms with Crippen LogP contribution in [0.15, 0.2) is 0 Å². The molecule has 0 radical (unpaired) electrons. The first-order valence-corrected chi connectivity index (χ1v) is 5.45. The van der Waals surface area contributed by atoms with Crippen LogP contribution in [-0.4, -0.2) is 0 Å². The summed E-state index contributed by atoms with van der Waals surface area (Å²) in [5, 5.41) is 0. The Morgan fingerprint density at radius 1 is 0.727 bits per heavy atom. The van der Waals surface area contributed by atoms with E-state index in [4.69, 9.17) is 0 Å². The zero-order valence-electron chi connectivity index (χ0n) is 7.00. The maximum absolute atomic E-state index is 1.64. The minimum atomic E-state index is 1.21. The average Bonchev–Trinajstić information content (AvgIpc) is 2.18. The topological polar surface area (TPSA) is 0 Å². The monoisotopic (exact) mass is 148 g/mol. The summed E-state index contributed by atoms with van der Waals surface area (Å²) in [4.78, 5) is 0. The minimum absolute atomic E-state index is 1.21. The predicted molar refractivity (Wildman–Crippen MR) is 44.0 cm³/mol. The molecule has 4 aliphatic carbocycles. The fraction of sp³-hybridized carbons (Fsp3) is 1.00. The van der Waals surface area contributed by atoms with Crippen molar-refractivity contribution < 1.29 is 0 Å². The van der Waals surface area contributed by atoms with Gasteiger partial charge in [-0.05, 0) is 48.3 Å². The molecule has 6 unspecified atom stereocenters. The molecule has 0 aromatic carbocycles. The molecule has 0 nitrogen and oxygen atoms in total. The molecule has 0 spiro atoms. The molecular weight excluding hydrogens is 132 g/mol. The molecule has 60 valence electrons. The second kappa shape index (κ2) is 1.53. The van der Waals surface area contributed by atoms with Crippen LogP contribution >= 0.6 is 0 Å². The van der Waals surface area contributed by atoms with Gasteiger partial charge in [-0.1, -0.05) is 19.3 Å². The molecule has 0 aliphatic heterocycles. The molecule has 4 aliphatic rings. The third-order valence-electron chi connectivity index (χ3n) is 5.37. The Hall–Kier alpha value is 0. The molecule has 6 atom stereocenters. The Morgan fingerprint density at radius 2 is 1.27 bits per heavy atom. The van der Waals surface area contributed by atoms with E-state index < -0.39 is 0 Å². The molecule has 11 heavy (non-hydrogen) atoms. The van der Waals surface area contributed by atoms with Gasteiger partial charge in [-0.2, -0.15) is 0 Å². The molecule has 0 aromatic rings. The van der Waals surface area contributed by atoms with Gasteiger partial charge in [-0.15, -0.1) is 0 Å². The highest BCUT2D eigenvalue weighted by molar-refractivity contribution is 5.15. The summed E-state index contributed by atoms with van der Waals surface area (Å²) in [6, 6.07) is 0. The first kappa shape index (κ1) is 5.61. The number of hydrogen-bond donors (Lipinski definition) is 0. The van der Waals surface area contributed by atoms with E-state index in [0.29, 0.717) is 0 Å². The molecule has 0 aromatic heterocycles. The molecular formula is C11H16. The lowest BCUT2D eigenvalue weighted by Crippen LogP contribution is -2.65. The first-order chi connectivity index (χ1) is 5.45. The van der Waals surface area contributed by atoms with Crippen molar-refractivity contribution in [2.45, 2.75) is 32.1 Å². The number of hydrogen-bond acceptors (Lipinski definition) is 0. The normalized spacial score (nSPS) is 69.8. The van der Waals surface area contributed by atoms with Crippen LogP contribution in [0.1, 0.15) is 32.1 Å². The Bertz CT molecular complexity index is 182. The summed E-state index contributed by atoms with van der Waals surface area (Å²) in [6.07, 6.45) is 8.04. The summed E-state index contributed by atoms with van der Waals surface area (Å²) in [5.74, 6) is 7.46. The van der Waals surface area contributed by atoms with Crippen molar-refractivity contribution in [3.05, 3.63) is 0 Å². The lowest BCUT2D eigenvalue weighted by molar-refractivity contribution is -0.231. The van der Waals surface area contributed by atoms with Crippen molar-refractivity contribution in [2.24, 2.45) is 35.5 Å². The third-order valence-corrected chi connectivity index (χ3v) is 5.37. The molecule has 0 N–H and O–H groups in total. The molecule has 0 heteroatoms. The summed E-state index contributed by atoms with van der Waals surface area (Å²) < 4.78 is 0. The summed E-state index contributed by atoms with van der Waals surface area (Å²) in [6.45, 7) is 0. The van der Waals surface area contributed by atoms with E-state index >= 15 is 0 Å². The van der Waals surface area contributed by atoms with Gasteiger partial charge in [0, 0.05) is 0 Å². The van der Waals surface area contributed by atoms with E-state index in [1.165, 1.54) is 35.5 Å². The SMILES string of the molecule is C1CC2CC3C4CC(C1)C4C23. The van der Waals surface area contributed by atoms with Crippen LogP contribution in [0.3, 0.4) is 0 Å². The quantitative estimate of drug-likeness (QED) is 0.495. The summed E-state index contributed by atoms with van der Waals surface area (Å²) in [5.41, 5.74) is 0. The van der Waals surface area contributed by atoms with Crippen LogP contribution in [0.4, 0.5) is 0 Å². The molecule has 0 amide bonds. The van der Waals surface area contributed by atoms with Crippen molar-refractivity contribution in [2.75, 3.05) is 0 Å². The largest absolute Gasteiger partial charge is 0.0528 e. The summed E-state index contributed by atoms with van der Waals surface area (Å²) >= 11 is 0. The van der Waals surface area contributed by atoms with Crippen molar-refractivity contribution in [1.82, 2.24) is 0 Å². The van der Waals surface area contributed by atoms with E-state index in [1.807, 2.05) is 0 Å². The van der Waals surface area contributed by atoms with Crippen molar-refractivity contribution >= 4 is 0 Å². The Balaban J connectivity index is 1.72. The van der Waals surface area contributed by atoms with Crippen molar-refractivity contribution in [3.63, 3.8) is 0 Å². The van der Waals surface area contributed by atoms with Gasteiger partial charge in [0.25, 0.3) is 0 Å². The lowest BCUT2D eigenvalue weighted by Gasteiger charge is -2.71. The molecule has 0 heterocycles. The molecule has 4 saturated carbocycles. The van der Waals surface area contributed by atoms with Gasteiger partial charge in [-0.3, -0.25) is 0 Å². The van der Waals surface area contributed by atoms with Crippen molar-refractivity contribution in [1.29, 1.82) is 0 Å². The van der Waals surface area contributed by atoms with E-state index in [9.17, 15) is 0 Å². The van der Waals surface area contributed by atoms with E-state index in [-0.39, 0.29) is 0 Å². The van der Waals surface area contributed by atoms with E-state index in [1.54, 1.807) is 32.1 Å². The number of rotatable bonds is 0. The van der Waals surface area contributed by atoms with Crippen LogP contribution in [0, 0.1) is 35.5 Å². The predicted octanol–water partition coefficient (Wildman–Crippen LogP) is 2.69. The average molecular weight is 148 g/mol. The fourth-order valence-electron chi connectivity index (χ4n) is 4.87. The zero-order valence-corrected chi connectivity index (χ0v) is 7.00. The smallest absolute Gasteiger partial charge is 0.0321 e. The second-order valence-corrected chi connectivity index (χ2v) is 5.40. The van der Waals surface area contributed by atoms with Crippen LogP contribution in [0.25, 0.3) is 0 Å². The van der Waals surface area contributed by atoms with Crippen LogP contribution < -0.4 is 0 Å². The maximum Gasteiger partial charge on any atom is -0.0321 e. The van der Waals surface area contributed by atoms with E-state index in [2.05, 4.69) is 0 Å². The van der Waals surface area contributed by atoms with Gasteiger partial charge < -0.3 is 0 Å². The van der Waals surface area contributed by atoms with Crippen molar-refractivity contribution in [3.8, 4) is 0 Å². The van der Waals surface area contributed by atoms with Gasteiger partial charge >= 0.3 is 0 Å². The highest BCUT2D eigenvalue weighted by Crippen LogP contribution is 2.74. The minimum Gasteiger partial charge on any atom is -0.0528 e. The van der Waals surface area contributed by atoms with Gasteiger partial charge in [0.15, 0.2) is 0 Å². The van der Waals surface area contributed by atoms with Gasteiger partial charge in [0.1, 0.15) is 0 Å². The molecule has 4 fully saturated rings. The van der Waals surface area contributed by atoms with Crippen LogP contribution in [0.2, 0.25) is 0 Å². The molecule has 4 rings (SSSR count). The van der Waals surface area contributed by atoms with Crippen LogP contribution in [0.5, 0.6) is 0 Å². The van der Waals surface area contributed by atoms with Crippen LogP contribution in [-0.2, 0) is 0 Å².